The van der Waals surface area contributed by atoms with Gasteiger partial charge in [0.15, 0.2) is 0 Å². The Labute approximate surface area is 92.5 Å². The van der Waals surface area contributed by atoms with Crippen molar-refractivity contribution in [2.75, 3.05) is 0 Å². The molecule has 1 aliphatic heterocycles. The van der Waals surface area contributed by atoms with E-state index in [1.54, 1.807) is 12.0 Å². The molecule has 0 saturated heterocycles. The van der Waals surface area contributed by atoms with Crippen LogP contribution in [0.15, 0.2) is 35.7 Å². The normalized spacial score (nSPS) is 16.4. The average molecular weight is 307 g/mol. The van der Waals surface area contributed by atoms with Gasteiger partial charge in [-0.3, -0.25) is 0 Å². The summed E-state index contributed by atoms with van der Waals surface area (Å²) in [6, 6.07) is 11.3. The van der Waals surface area contributed by atoms with Gasteiger partial charge in [0.1, 0.15) is 0 Å². The molecule has 0 aliphatic carbocycles. The van der Waals surface area contributed by atoms with Crippen LogP contribution in [-0.4, -0.2) is 18.4 Å². The molecule has 2 heterocycles. The molecule has 2 heteroatoms. The van der Waals surface area contributed by atoms with Gasteiger partial charge < -0.3 is 0 Å². The first kappa shape index (κ1) is 8.98. The number of thiophene rings is 1. The fourth-order valence-electron chi connectivity index (χ4n) is 2.38. The van der Waals surface area contributed by atoms with E-state index in [1.165, 1.54) is 5.56 Å². The van der Waals surface area contributed by atoms with E-state index in [0.717, 1.165) is 0 Å². The fourth-order valence-corrected chi connectivity index (χ4v) is 14.3. The van der Waals surface area contributed by atoms with Crippen LogP contribution in [0.25, 0.3) is 10.4 Å². The average Bonchev–Trinajstić information content (AvgIpc) is 2.72. The molecule has 0 atom stereocenters. The molecule has 1 aliphatic rings. The number of fused-ring (bicyclic) bond motifs is 3. The van der Waals surface area contributed by atoms with Crippen molar-refractivity contribution in [3.8, 4) is 10.4 Å². The number of rotatable bonds is 0. The van der Waals surface area contributed by atoms with Gasteiger partial charge in [0.05, 0.1) is 0 Å². The predicted octanol–water partition coefficient (Wildman–Crippen LogP) is 2.55. The molecule has 0 unspecified atom stereocenters. The van der Waals surface area contributed by atoms with Gasteiger partial charge in [-0.15, -0.1) is 0 Å². The Morgan fingerprint density at radius 1 is 1.00 bits per heavy atom. The van der Waals surface area contributed by atoms with E-state index in [2.05, 4.69) is 45.6 Å². The number of hydrogen-bond donors (Lipinski definition) is 0. The summed E-state index contributed by atoms with van der Waals surface area (Å²) in [7, 11) is 0. The Bertz CT molecular complexity index is 497. The summed E-state index contributed by atoms with van der Waals surface area (Å²) in [6.07, 6.45) is 0. The van der Waals surface area contributed by atoms with Gasteiger partial charge >= 0.3 is 92.9 Å². The zero-order valence-corrected chi connectivity index (χ0v) is 12.0. The SMILES string of the molecule is [CH3][Sn]1([CH3])[c]2ccccc2-c2scc[c]21. The summed E-state index contributed by atoms with van der Waals surface area (Å²) in [6.45, 7) is 0. The molecule has 0 N–H and O–H groups in total. The molecule has 0 saturated carbocycles. The fraction of sp³-hybridized carbons (Fsp3) is 0.167. The van der Waals surface area contributed by atoms with Gasteiger partial charge in [0, 0.05) is 0 Å². The van der Waals surface area contributed by atoms with Gasteiger partial charge in [-0.1, -0.05) is 0 Å². The summed E-state index contributed by atoms with van der Waals surface area (Å²) in [5.74, 6) is 0. The van der Waals surface area contributed by atoms with Crippen LogP contribution in [0.1, 0.15) is 0 Å². The van der Waals surface area contributed by atoms with Crippen molar-refractivity contribution >= 4 is 36.9 Å². The van der Waals surface area contributed by atoms with Crippen molar-refractivity contribution in [2.45, 2.75) is 9.88 Å². The summed E-state index contributed by atoms with van der Waals surface area (Å²) >= 11 is -0.187. The molecule has 0 radical (unpaired) electrons. The van der Waals surface area contributed by atoms with Crippen molar-refractivity contribution in [3.05, 3.63) is 35.7 Å². The van der Waals surface area contributed by atoms with Gasteiger partial charge in [-0.2, -0.15) is 0 Å². The van der Waals surface area contributed by atoms with Crippen LogP contribution in [0, 0.1) is 0 Å². The molecule has 1 aromatic carbocycles. The van der Waals surface area contributed by atoms with Crippen molar-refractivity contribution < 1.29 is 0 Å². The van der Waals surface area contributed by atoms with Crippen LogP contribution in [0.5, 0.6) is 0 Å². The summed E-state index contributed by atoms with van der Waals surface area (Å²) < 4.78 is 3.38. The molecule has 0 nitrogen and oxygen atoms in total. The van der Waals surface area contributed by atoms with Crippen molar-refractivity contribution in [1.29, 1.82) is 0 Å². The summed E-state index contributed by atoms with van der Waals surface area (Å²) in [5.41, 5.74) is 1.53. The molecular formula is C12H12SSn. The van der Waals surface area contributed by atoms with E-state index in [1.807, 2.05) is 11.3 Å². The molecule has 2 aromatic rings. The van der Waals surface area contributed by atoms with Gasteiger partial charge in [0.25, 0.3) is 0 Å². The van der Waals surface area contributed by atoms with Crippen LogP contribution < -0.4 is 7.16 Å². The third-order valence-corrected chi connectivity index (χ3v) is 14.8. The first-order valence-electron chi connectivity index (χ1n) is 4.89. The quantitative estimate of drug-likeness (QED) is 0.656. The Kier molecular flexibility index (Phi) is 1.83. The van der Waals surface area contributed by atoms with E-state index in [9.17, 15) is 0 Å². The molecular weight excluding hydrogens is 295 g/mol. The van der Waals surface area contributed by atoms with Crippen LogP contribution in [-0.2, 0) is 0 Å². The molecule has 14 heavy (non-hydrogen) atoms. The first-order chi connectivity index (χ1) is 6.71. The summed E-state index contributed by atoms with van der Waals surface area (Å²) in [4.78, 5) is 6.60. The molecule has 0 spiro atoms. The topological polar surface area (TPSA) is 0 Å². The van der Waals surface area contributed by atoms with E-state index in [0.29, 0.717) is 0 Å². The minimum atomic E-state index is -2.10. The van der Waals surface area contributed by atoms with Crippen LogP contribution >= 0.6 is 11.3 Å². The molecule has 0 bridgehead atoms. The van der Waals surface area contributed by atoms with E-state index in [-0.39, 0.29) is 0 Å². The Hall–Kier alpha value is -0.281. The third kappa shape index (κ3) is 0.999. The Morgan fingerprint density at radius 2 is 1.79 bits per heavy atom. The maximum atomic E-state index is 2.52. The maximum absolute atomic E-state index is 2.52. The minimum absolute atomic E-state index is 1.53. The van der Waals surface area contributed by atoms with Crippen molar-refractivity contribution in [2.24, 2.45) is 0 Å². The summed E-state index contributed by atoms with van der Waals surface area (Å²) in [5, 5.41) is 2.25. The van der Waals surface area contributed by atoms with Crippen LogP contribution in [0.4, 0.5) is 0 Å². The second-order valence-electron chi connectivity index (χ2n) is 4.33. The van der Waals surface area contributed by atoms with Crippen LogP contribution in [0.3, 0.4) is 0 Å². The second-order valence-corrected chi connectivity index (χ2v) is 17.6. The first-order valence-corrected chi connectivity index (χ1v) is 14.3. The monoisotopic (exact) mass is 308 g/mol. The van der Waals surface area contributed by atoms with Gasteiger partial charge in [0.2, 0.25) is 0 Å². The molecule has 70 valence electrons. The third-order valence-electron chi connectivity index (χ3n) is 3.18. The van der Waals surface area contributed by atoms with Crippen molar-refractivity contribution in [3.63, 3.8) is 0 Å². The second kappa shape index (κ2) is 2.86. The Morgan fingerprint density at radius 3 is 2.64 bits per heavy atom. The van der Waals surface area contributed by atoms with E-state index < -0.39 is 18.4 Å². The standard InChI is InChI=1S/C10H6S.2CH3.Sn/c1-2-5-9(6-3-1)10-7-4-8-11-10;;;/h1-5,8H;2*1H3;. The zero-order chi connectivity index (χ0) is 9.76. The van der Waals surface area contributed by atoms with Gasteiger partial charge in [-0.05, 0) is 0 Å². The van der Waals surface area contributed by atoms with E-state index >= 15 is 0 Å². The predicted molar refractivity (Wildman–Crippen MR) is 66.5 cm³/mol. The molecule has 0 amide bonds. The van der Waals surface area contributed by atoms with Crippen molar-refractivity contribution in [1.82, 2.24) is 0 Å². The molecule has 1 aromatic heterocycles. The number of benzene rings is 1. The van der Waals surface area contributed by atoms with E-state index in [4.69, 9.17) is 0 Å². The Balaban J connectivity index is 2.42. The van der Waals surface area contributed by atoms with Gasteiger partial charge in [-0.25, -0.2) is 0 Å². The zero-order valence-electron chi connectivity index (χ0n) is 8.37. The van der Waals surface area contributed by atoms with Crippen LogP contribution in [0.2, 0.25) is 9.88 Å². The number of hydrogen-bond acceptors (Lipinski definition) is 1. The molecule has 3 rings (SSSR count). The molecule has 0 fully saturated rings.